The molecule has 0 radical (unpaired) electrons. The van der Waals surface area contributed by atoms with Crippen LogP contribution < -0.4 is 10.2 Å². The lowest BCUT2D eigenvalue weighted by Gasteiger charge is -2.18. The second-order valence-electron chi connectivity index (χ2n) is 4.35. The molecule has 6 heteroatoms. The Morgan fingerprint density at radius 2 is 2.29 bits per heavy atom. The lowest BCUT2D eigenvalue weighted by molar-refractivity contribution is 0.203. The van der Waals surface area contributed by atoms with Crippen LogP contribution in [0.15, 0.2) is 4.42 Å². The number of rotatable bonds is 7. The van der Waals surface area contributed by atoms with Gasteiger partial charge in [0.1, 0.15) is 0 Å². The maximum atomic E-state index is 5.68. The smallest absolute Gasteiger partial charge is 0.318 e. The molecular formula is C11H20N4O2. The summed E-state index contributed by atoms with van der Waals surface area (Å²) >= 11 is 0. The Labute approximate surface area is 101 Å². The van der Waals surface area contributed by atoms with Crippen molar-refractivity contribution in [3.8, 4) is 0 Å². The molecule has 1 unspecified atom stereocenters. The molecule has 96 valence electrons. The minimum absolute atomic E-state index is 0.0831. The first-order valence-corrected chi connectivity index (χ1v) is 6.02. The molecule has 1 heterocycles. The van der Waals surface area contributed by atoms with Gasteiger partial charge in [-0.3, -0.25) is 0 Å². The molecule has 1 N–H and O–H groups in total. The topological polar surface area (TPSA) is 63.4 Å². The molecule has 1 atom stereocenters. The minimum Gasteiger partial charge on any atom is -0.406 e. The molecule has 1 aliphatic rings. The fraction of sp³-hybridized carbons (Fsp3) is 0.818. The molecule has 0 aliphatic heterocycles. The highest BCUT2D eigenvalue weighted by Gasteiger charge is 2.32. The van der Waals surface area contributed by atoms with Gasteiger partial charge in [-0.25, -0.2) is 0 Å². The summed E-state index contributed by atoms with van der Waals surface area (Å²) in [5.74, 6) is 0.630. The van der Waals surface area contributed by atoms with Crippen LogP contribution in [0.2, 0.25) is 0 Å². The molecule has 1 fully saturated rings. The molecule has 17 heavy (non-hydrogen) atoms. The molecule has 1 aromatic rings. The summed E-state index contributed by atoms with van der Waals surface area (Å²) < 4.78 is 10.8. The van der Waals surface area contributed by atoms with Gasteiger partial charge in [0.25, 0.3) is 0 Å². The van der Waals surface area contributed by atoms with Crippen LogP contribution in [0.3, 0.4) is 0 Å². The fourth-order valence-electron chi connectivity index (χ4n) is 1.65. The monoisotopic (exact) mass is 240 g/mol. The van der Waals surface area contributed by atoms with Gasteiger partial charge in [0.2, 0.25) is 5.89 Å². The maximum Gasteiger partial charge on any atom is 0.318 e. The predicted molar refractivity (Wildman–Crippen MR) is 64.0 cm³/mol. The van der Waals surface area contributed by atoms with E-state index in [1.54, 1.807) is 7.11 Å². The fourth-order valence-corrected chi connectivity index (χ4v) is 1.65. The quantitative estimate of drug-likeness (QED) is 0.766. The van der Waals surface area contributed by atoms with E-state index in [2.05, 4.69) is 20.4 Å². The summed E-state index contributed by atoms with van der Waals surface area (Å²) in [6.07, 6.45) is 2.39. The van der Waals surface area contributed by atoms with E-state index in [9.17, 15) is 0 Å². The van der Waals surface area contributed by atoms with Crippen molar-refractivity contribution in [1.82, 2.24) is 15.5 Å². The molecule has 0 aromatic carbocycles. The van der Waals surface area contributed by atoms with Gasteiger partial charge in [0, 0.05) is 19.7 Å². The lowest BCUT2D eigenvalue weighted by atomic mass is 10.3. The number of hydrogen-bond acceptors (Lipinski definition) is 6. The highest BCUT2D eigenvalue weighted by atomic mass is 16.5. The molecule has 2 rings (SSSR count). The van der Waals surface area contributed by atoms with E-state index in [0.29, 0.717) is 24.6 Å². The third kappa shape index (κ3) is 2.95. The van der Waals surface area contributed by atoms with Crippen molar-refractivity contribution in [3.63, 3.8) is 0 Å². The van der Waals surface area contributed by atoms with Crippen LogP contribution in [0.5, 0.6) is 0 Å². The minimum atomic E-state index is 0.0831. The lowest BCUT2D eigenvalue weighted by Crippen LogP contribution is -2.29. The summed E-state index contributed by atoms with van der Waals surface area (Å²) in [6.45, 7) is 3.47. The zero-order valence-electron chi connectivity index (χ0n) is 10.6. The van der Waals surface area contributed by atoms with Crippen molar-refractivity contribution in [1.29, 1.82) is 0 Å². The Kier molecular flexibility index (Phi) is 3.96. The highest BCUT2D eigenvalue weighted by molar-refractivity contribution is 5.29. The van der Waals surface area contributed by atoms with Crippen LogP contribution in [-0.4, -0.2) is 43.5 Å². The number of aromatic nitrogens is 2. The van der Waals surface area contributed by atoms with Crippen molar-refractivity contribution in [2.24, 2.45) is 0 Å². The molecule has 1 aromatic heterocycles. The Morgan fingerprint density at radius 3 is 2.88 bits per heavy atom. The van der Waals surface area contributed by atoms with Crippen LogP contribution in [0.1, 0.15) is 31.7 Å². The van der Waals surface area contributed by atoms with E-state index >= 15 is 0 Å². The maximum absolute atomic E-state index is 5.68. The Hall–Kier alpha value is -1.14. The molecule has 0 bridgehead atoms. The third-order valence-electron chi connectivity index (χ3n) is 3.00. The van der Waals surface area contributed by atoms with Crippen LogP contribution >= 0.6 is 0 Å². The summed E-state index contributed by atoms with van der Waals surface area (Å²) in [6, 6.07) is 1.24. The van der Waals surface area contributed by atoms with Crippen LogP contribution in [0, 0.1) is 0 Å². The largest absolute Gasteiger partial charge is 0.406 e. The molecule has 0 saturated heterocycles. The van der Waals surface area contributed by atoms with Gasteiger partial charge in [-0.15, -0.1) is 5.10 Å². The number of nitrogens with zero attached hydrogens (tertiary/aromatic N) is 3. The summed E-state index contributed by atoms with van der Waals surface area (Å²) in [7, 11) is 3.57. The standard InChI is InChI=1S/C11H20N4O2/c1-8(12-2)10-13-14-11(17-10)15(6-7-16-3)9-4-5-9/h8-9,12H,4-7H2,1-3H3. The van der Waals surface area contributed by atoms with Crippen molar-refractivity contribution in [2.45, 2.75) is 31.8 Å². The zero-order valence-corrected chi connectivity index (χ0v) is 10.6. The summed E-state index contributed by atoms with van der Waals surface area (Å²) in [5, 5.41) is 11.3. The van der Waals surface area contributed by atoms with Crippen molar-refractivity contribution in [2.75, 3.05) is 32.2 Å². The first-order chi connectivity index (χ1) is 8.26. The zero-order chi connectivity index (χ0) is 12.3. The van der Waals surface area contributed by atoms with Gasteiger partial charge in [0.05, 0.1) is 12.6 Å². The second-order valence-corrected chi connectivity index (χ2v) is 4.35. The van der Waals surface area contributed by atoms with Gasteiger partial charge in [-0.05, 0) is 26.8 Å². The van der Waals surface area contributed by atoms with Crippen LogP contribution in [0.25, 0.3) is 0 Å². The van der Waals surface area contributed by atoms with E-state index < -0.39 is 0 Å². The Bertz CT molecular complexity index is 351. The van der Waals surface area contributed by atoms with E-state index in [1.807, 2.05) is 14.0 Å². The SMILES string of the molecule is CNC(C)c1nnc(N(CCOC)C2CC2)o1. The van der Waals surface area contributed by atoms with E-state index in [4.69, 9.17) is 9.15 Å². The van der Waals surface area contributed by atoms with E-state index in [1.165, 1.54) is 12.8 Å². The van der Waals surface area contributed by atoms with Gasteiger partial charge >= 0.3 is 6.01 Å². The molecule has 1 aliphatic carbocycles. The first-order valence-electron chi connectivity index (χ1n) is 6.02. The van der Waals surface area contributed by atoms with Gasteiger partial charge < -0.3 is 19.4 Å². The van der Waals surface area contributed by atoms with Crippen LogP contribution in [-0.2, 0) is 4.74 Å². The molecular weight excluding hydrogens is 220 g/mol. The summed E-state index contributed by atoms with van der Waals surface area (Å²) in [4.78, 5) is 2.14. The van der Waals surface area contributed by atoms with Crippen molar-refractivity contribution in [3.05, 3.63) is 5.89 Å². The number of nitrogens with one attached hydrogen (secondary N) is 1. The van der Waals surface area contributed by atoms with E-state index in [0.717, 1.165) is 6.54 Å². The molecule has 0 spiro atoms. The third-order valence-corrected chi connectivity index (χ3v) is 3.00. The second kappa shape index (κ2) is 5.46. The molecule has 6 nitrogen and oxygen atoms in total. The number of anilines is 1. The number of ether oxygens (including phenoxy) is 1. The predicted octanol–water partition coefficient (Wildman–Crippen LogP) is 0.965. The number of hydrogen-bond donors (Lipinski definition) is 1. The molecule has 1 saturated carbocycles. The molecule has 0 amide bonds. The van der Waals surface area contributed by atoms with Gasteiger partial charge in [0.15, 0.2) is 0 Å². The van der Waals surface area contributed by atoms with Crippen molar-refractivity contribution >= 4 is 6.01 Å². The van der Waals surface area contributed by atoms with Crippen LogP contribution in [0.4, 0.5) is 6.01 Å². The van der Waals surface area contributed by atoms with E-state index in [-0.39, 0.29) is 6.04 Å². The highest BCUT2D eigenvalue weighted by Crippen LogP contribution is 2.31. The Balaban J connectivity index is 2.04. The average Bonchev–Trinajstić information content (AvgIpc) is 3.06. The first kappa shape index (κ1) is 12.3. The average molecular weight is 240 g/mol. The van der Waals surface area contributed by atoms with Gasteiger partial charge in [-0.2, -0.15) is 0 Å². The van der Waals surface area contributed by atoms with Gasteiger partial charge in [-0.1, -0.05) is 5.10 Å². The summed E-state index contributed by atoms with van der Waals surface area (Å²) in [5.41, 5.74) is 0. The van der Waals surface area contributed by atoms with Crippen molar-refractivity contribution < 1.29 is 9.15 Å². The number of methoxy groups -OCH3 is 1. The Morgan fingerprint density at radius 1 is 1.53 bits per heavy atom. The normalized spacial score (nSPS) is 17.1.